The summed E-state index contributed by atoms with van der Waals surface area (Å²) in [7, 11) is 0. The van der Waals surface area contributed by atoms with Gasteiger partial charge in [0.2, 0.25) is 0 Å². The van der Waals surface area contributed by atoms with Crippen LogP contribution in [0.25, 0.3) is 6.08 Å². The van der Waals surface area contributed by atoms with Crippen LogP contribution in [-0.4, -0.2) is 25.2 Å². The molecule has 0 saturated heterocycles. The van der Waals surface area contributed by atoms with Crippen molar-refractivity contribution in [2.24, 2.45) is 0 Å². The van der Waals surface area contributed by atoms with Crippen molar-refractivity contribution in [3.05, 3.63) is 41.5 Å². The molecule has 0 aliphatic heterocycles. The fourth-order valence-corrected chi connectivity index (χ4v) is 2.24. The van der Waals surface area contributed by atoms with E-state index in [2.05, 4.69) is 20.4 Å². The first-order valence-corrected chi connectivity index (χ1v) is 8.74. The van der Waals surface area contributed by atoms with E-state index in [1.165, 1.54) is 0 Å². The molecule has 0 N–H and O–H groups in total. The van der Waals surface area contributed by atoms with E-state index in [1.807, 2.05) is 0 Å². The highest BCUT2D eigenvalue weighted by atomic mass is 16.5. The average molecular weight is 332 g/mol. The summed E-state index contributed by atoms with van der Waals surface area (Å²) in [6.07, 6.45) is 7.49. The van der Waals surface area contributed by atoms with E-state index in [4.69, 9.17) is 9.47 Å². The maximum atomic E-state index is 12.1. The maximum absolute atomic E-state index is 12.1. The molecule has 1 rings (SSSR count). The normalized spacial score (nSPS) is 10.2. The lowest BCUT2D eigenvalue weighted by Crippen LogP contribution is -2.11. The maximum Gasteiger partial charge on any atom is 0.338 e. The van der Waals surface area contributed by atoms with Gasteiger partial charge in [0.1, 0.15) is 0 Å². The predicted molar refractivity (Wildman–Crippen MR) is 96.1 cm³/mol. The third-order valence-electron chi connectivity index (χ3n) is 3.69. The third kappa shape index (κ3) is 6.57. The van der Waals surface area contributed by atoms with Gasteiger partial charge in [-0.1, -0.05) is 52.2 Å². The molecule has 0 spiro atoms. The van der Waals surface area contributed by atoms with Gasteiger partial charge in [-0.2, -0.15) is 0 Å². The van der Waals surface area contributed by atoms with Crippen LogP contribution < -0.4 is 0 Å². The summed E-state index contributed by atoms with van der Waals surface area (Å²) in [5.41, 5.74) is 1.42. The van der Waals surface area contributed by atoms with Crippen molar-refractivity contribution in [3.8, 4) is 0 Å². The van der Waals surface area contributed by atoms with E-state index in [0.29, 0.717) is 29.9 Å². The SMILES string of the molecule is C=Cc1cc(C(=O)OCCCCC)ccc1C(=O)OCCCCC. The molecule has 0 unspecified atom stereocenters. The van der Waals surface area contributed by atoms with Crippen LogP contribution in [-0.2, 0) is 9.47 Å². The molecule has 0 bridgehead atoms. The third-order valence-corrected chi connectivity index (χ3v) is 3.69. The van der Waals surface area contributed by atoms with Crippen LogP contribution in [0.15, 0.2) is 24.8 Å². The van der Waals surface area contributed by atoms with Crippen LogP contribution in [0.4, 0.5) is 0 Å². The van der Waals surface area contributed by atoms with Crippen LogP contribution >= 0.6 is 0 Å². The molecule has 0 aliphatic carbocycles. The van der Waals surface area contributed by atoms with Crippen molar-refractivity contribution in [1.29, 1.82) is 0 Å². The first-order chi connectivity index (χ1) is 11.6. The van der Waals surface area contributed by atoms with Gasteiger partial charge in [0, 0.05) is 0 Å². The van der Waals surface area contributed by atoms with E-state index >= 15 is 0 Å². The van der Waals surface area contributed by atoms with Crippen molar-refractivity contribution in [2.45, 2.75) is 52.4 Å². The standard InChI is InChI=1S/C20H28O4/c1-4-7-9-13-23-19(21)17-11-12-18(16(6-3)15-17)20(22)24-14-10-8-5-2/h6,11-12,15H,3-5,7-10,13-14H2,1-2H3. The number of carbonyl (C=O) groups excluding carboxylic acids is 2. The Hall–Kier alpha value is -2.10. The first kappa shape index (κ1) is 19.9. The zero-order valence-electron chi connectivity index (χ0n) is 14.8. The summed E-state index contributed by atoms with van der Waals surface area (Å²) < 4.78 is 10.5. The molecule has 24 heavy (non-hydrogen) atoms. The molecule has 0 aliphatic rings. The molecule has 1 aromatic carbocycles. The molecule has 0 amide bonds. The van der Waals surface area contributed by atoms with Gasteiger partial charge >= 0.3 is 11.9 Å². The van der Waals surface area contributed by atoms with E-state index in [-0.39, 0.29) is 11.9 Å². The Morgan fingerprint density at radius 3 is 2.08 bits per heavy atom. The minimum absolute atomic E-state index is 0.378. The summed E-state index contributed by atoms with van der Waals surface area (Å²) in [6, 6.07) is 4.82. The van der Waals surface area contributed by atoms with Gasteiger partial charge in [0.25, 0.3) is 0 Å². The van der Waals surface area contributed by atoms with Gasteiger partial charge < -0.3 is 9.47 Å². The number of hydrogen-bond acceptors (Lipinski definition) is 4. The van der Waals surface area contributed by atoms with Crippen LogP contribution in [0.1, 0.15) is 78.7 Å². The van der Waals surface area contributed by atoms with Crippen molar-refractivity contribution >= 4 is 18.0 Å². The molecule has 0 radical (unpaired) electrons. The van der Waals surface area contributed by atoms with Gasteiger partial charge in [-0.25, -0.2) is 9.59 Å². The average Bonchev–Trinajstić information content (AvgIpc) is 2.61. The van der Waals surface area contributed by atoms with Gasteiger partial charge in [-0.05, 0) is 36.6 Å². The summed E-state index contributed by atoms with van der Waals surface area (Å²) in [5.74, 6) is -0.763. The number of rotatable bonds is 11. The number of hydrogen-bond donors (Lipinski definition) is 0. The highest BCUT2D eigenvalue weighted by Gasteiger charge is 2.15. The van der Waals surface area contributed by atoms with E-state index in [0.717, 1.165) is 38.5 Å². The van der Waals surface area contributed by atoms with E-state index in [1.54, 1.807) is 24.3 Å². The number of ether oxygens (including phenoxy) is 2. The quantitative estimate of drug-likeness (QED) is 0.421. The van der Waals surface area contributed by atoms with Crippen molar-refractivity contribution in [1.82, 2.24) is 0 Å². The molecule has 0 heterocycles. The Labute approximate surface area is 144 Å². The van der Waals surface area contributed by atoms with Crippen molar-refractivity contribution in [3.63, 3.8) is 0 Å². The Morgan fingerprint density at radius 1 is 0.958 bits per heavy atom. The second-order valence-electron chi connectivity index (χ2n) is 5.69. The van der Waals surface area contributed by atoms with Crippen molar-refractivity contribution < 1.29 is 19.1 Å². The summed E-state index contributed by atoms with van der Waals surface area (Å²) in [6.45, 7) is 8.72. The fraction of sp³-hybridized carbons (Fsp3) is 0.500. The van der Waals surface area contributed by atoms with E-state index < -0.39 is 0 Å². The predicted octanol–water partition coefficient (Wildman–Crippen LogP) is 5.02. The minimum atomic E-state index is -0.385. The van der Waals surface area contributed by atoms with Crippen molar-refractivity contribution in [2.75, 3.05) is 13.2 Å². The van der Waals surface area contributed by atoms with Crippen LogP contribution in [0.5, 0.6) is 0 Å². The highest BCUT2D eigenvalue weighted by Crippen LogP contribution is 2.16. The molecular formula is C20H28O4. The van der Waals surface area contributed by atoms with Gasteiger partial charge in [0.05, 0.1) is 24.3 Å². The monoisotopic (exact) mass is 332 g/mol. The lowest BCUT2D eigenvalue weighted by molar-refractivity contribution is 0.0483. The molecular weight excluding hydrogens is 304 g/mol. The Kier molecular flexibility index (Phi) is 9.51. The molecule has 0 atom stereocenters. The van der Waals surface area contributed by atoms with Crippen LogP contribution in [0.2, 0.25) is 0 Å². The number of unbranched alkanes of at least 4 members (excludes halogenated alkanes) is 4. The molecule has 0 aromatic heterocycles. The second-order valence-corrected chi connectivity index (χ2v) is 5.69. The summed E-state index contributed by atoms with van der Waals surface area (Å²) in [5, 5.41) is 0. The fourth-order valence-electron chi connectivity index (χ4n) is 2.24. The number of carbonyl (C=O) groups is 2. The Morgan fingerprint density at radius 2 is 1.54 bits per heavy atom. The van der Waals surface area contributed by atoms with Gasteiger partial charge in [-0.15, -0.1) is 0 Å². The Bertz CT molecular complexity index is 549. The number of esters is 2. The molecule has 132 valence electrons. The summed E-state index contributed by atoms with van der Waals surface area (Å²) >= 11 is 0. The van der Waals surface area contributed by atoms with Gasteiger partial charge in [0.15, 0.2) is 0 Å². The van der Waals surface area contributed by atoms with Gasteiger partial charge in [-0.3, -0.25) is 0 Å². The topological polar surface area (TPSA) is 52.6 Å². The highest BCUT2D eigenvalue weighted by molar-refractivity contribution is 5.97. The molecule has 0 fully saturated rings. The smallest absolute Gasteiger partial charge is 0.338 e. The lowest BCUT2D eigenvalue weighted by Gasteiger charge is -2.09. The minimum Gasteiger partial charge on any atom is -0.462 e. The second kappa shape index (κ2) is 11.4. The largest absolute Gasteiger partial charge is 0.462 e. The zero-order valence-corrected chi connectivity index (χ0v) is 14.8. The first-order valence-electron chi connectivity index (χ1n) is 8.74. The van der Waals surface area contributed by atoms with Crippen LogP contribution in [0, 0.1) is 0 Å². The molecule has 4 nitrogen and oxygen atoms in total. The zero-order chi connectivity index (χ0) is 17.8. The summed E-state index contributed by atoms with van der Waals surface area (Å²) in [4.78, 5) is 24.2. The number of benzene rings is 1. The molecule has 1 aromatic rings. The molecule has 4 heteroatoms. The lowest BCUT2D eigenvalue weighted by atomic mass is 10.0. The molecule has 0 saturated carbocycles. The van der Waals surface area contributed by atoms with E-state index in [9.17, 15) is 9.59 Å². The van der Waals surface area contributed by atoms with Crippen LogP contribution in [0.3, 0.4) is 0 Å². The Balaban J connectivity index is 2.68.